The molecule has 5 heteroatoms. The van der Waals surface area contributed by atoms with Crippen molar-refractivity contribution < 1.29 is 9.53 Å². The van der Waals surface area contributed by atoms with E-state index in [4.69, 9.17) is 4.74 Å². The Labute approximate surface area is 159 Å². The highest BCUT2D eigenvalue weighted by molar-refractivity contribution is 7.10. The first kappa shape index (κ1) is 17.4. The first-order valence-corrected chi connectivity index (χ1v) is 10.5. The Morgan fingerprint density at radius 3 is 2.65 bits per heavy atom. The van der Waals surface area contributed by atoms with Crippen LogP contribution in [0.5, 0.6) is 5.75 Å². The molecule has 2 fully saturated rings. The molecule has 2 aromatic rings. The lowest BCUT2D eigenvalue weighted by Gasteiger charge is -2.24. The number of rotatable bonds is 5. The van der Waals surface area contributed by atoms with E-state index < -0.39 is 0 Å². The van der Waals surface area contributed by atoms with Crippen molar-refractivity contribution in [2.75, 3.05) is 6.54 Å². The lowest BCUT2D eigenvalue weighted by atomic mass is 10.2. The number of nitrogens with zero attached hydrogens (tertiary/aromatic N) is 1. The first-order valence-electron chi connectivity index (χ1n) is 9.63. The standard InChI is InChI=1S/C21H26N2O2S/c24-21(23-13-3-7-19(23)20-8-4-14-26-20)22-15-16-9-11-18(12-10-16)25-17-5-1-2-6-17/h4,8-12,14,17,19H,1-3,5-7,13,15H2,(H,22,24). The number of ether oxygens (including phenoxy) is 1. The van der Waals surface area contributed by atoms with Crippen LogP contribution >= 0.6 is 11.3 Å². The molecule has 0 spiro atoms. The second kappa shape index (κ2) is 8.12. The molecule has 1 aromatic carbocycles. The number of thiophene rings is 1. The minimum absolute atomic E-state index is 0.0344. The van der Waals surface area contributed by atoms with Crippen molar-refractivity contribution in [2.45, 2.75) is 57.2 Å². The van der Waals surface area contributed by atoms with Crippen LogP contribution in [-0.2, 0) is 6.54 Å². The molecule has 4 rings (SSSR count). The molecule has 26 heavy (non-hydrogen) atoms. The quantitative estimate of drug-likeness (QED) is 0.794. The number of urea groups is 1. The number of hydrogen-bond donors (Lipinski definition) is 1. The maximum atomic E-state index is 12.6. The summed E-state index contributed by atoms with van der Waals surface area (Å²) in [7, 11) is 0. The van der Waals surface area contributed by atoms with Crippen molar-refractivity contribution in [1.82, 2.24) is 10.2 Å². The van der Waals surface area contributed by atoms with Gasteiger partial charge in [0.05, 0.1) is 12.1 Å². The van der Waals surface area contributed by atoms with Gasteiger partial charge in [0.2, 0.25) is 0 Å². The van der Waals surface area contributed by atoms with Crippen LogP contribution in [0.2, 0.25) is 0 Å². The molecule has 1 saturated heterocycles. The summed E-state index contributed by atoms with van der Waals surface area (Å²) in [5.41, 5.74) is 1.10. The summed E-state index contributed by atoms with van der Waals surface area (Å²) >= 11 is 1.73. The zero-order valence-electron chi connectivity index (χ0n) is 15.0. The Morgan fingerprint density at radius 2 is 1.92 bits per heavy atom. The minimum Gasteiger partial charge on any atom is -0.490 e. The molecule has 1 N–H and O–H groups in total. The van der Waals surface area contributed by atoms with Gasteiger partial charge in [0.25, 0.3) is 0 Å². The number of carbonyl (C=O) groups excluding carboxylic acids is 1. The van der Waals surface area contributed by atoms with E-state index in [1.807, 2.05) is 29.2 Å². The summed E-state index contributed by atoms with van der Waals surface area (Å²) in [6, 6.07) is 12.6. The highest BCUT2D eigenvalue weighted by Crippen LogP contribution is 2.34. The average molecular weight is 371 g/mol. The van der Waals surface area contributed by atoms with Crippen LogP contribution in [0.4, 0.5) is 4.79 Å². The molecule has 2 heterocycles. The van der Waals surface area contributed by atoms with Crippen LogP contribution in [0.3, 0.4) is 0 Å². The largest absolute Gasteiger partial charge is 0.490 e. The summed E-state index contributed by atoms with van der Waals surface area (Å²) in [5, 5.41) is 5.16. The SMILES string of the molecule is O=C(NCc1ccc(OC2CCCC2)cc1)N1CCCC1c1cccs1. The lowest BCUT2D eigenvalue weighted by molar-refractivity contribution is 0.193. The van der Waals surface area contributed by atoms with Gasteiger partial charge in [-0.25, -0.2) is 4.79 Å². The topological polar surface area (TPSA) is 41.6 Å². The molecule has 1 aromatic heterocycles. The zero-order valence-corrected chi connectivity index (χ0v) is 15.8. The van der Waals surface area contributed by atoms with Gasteiger partial charge in [0, 0.05) is 18.0 Å². The smallest absolute Gasteiger partial charge is 0.318 e. The molecule has 1 aliphatic carbocycles. The highest BCUT2D eigenvalue weighted by atomic mass is 32.1. The van der Waals surface area contributed by atoms with Crippen LogP contribution in [-0.4, -0.2) is 23.6 Å². The van der Waals surface area contributed by atoms with Gasteiger partial charge in [-0.2, -0.15) is 0 Å². The fourth-order valence-corrected chi connectivity index (χ4v) is 4.82. The lowest BCUT2D eigenvalue weighted by Crippen LogP contribution is -2.38. The third-order valence-electron chi connectivity index (χ3n) is 5.36. The van der Waals surface area contributed by atoms with E-state index in [2.05, 4.69) is 22.8 Å². The zero-order chi connectivity index (χ0) is 17.8. The maximum absolute atomic E-state index is 12.6. The van der Waals surface area contributed by atoms with Crippen LogP contribution in [0.25, 0.3) is 0 Å². The van der Waals surface area contributed by atoms with Gasteiger partial charge in [-0.1, -0.05) is 18.2 Å². The van der Waals surface area contributed by atoms with Crippen molar-refractivity contribution >= 4 is 17.4 Å². The third-order valence-corrected chi connectivity index (χ3v) is 6.33. The van der Waals surface area contributed by atoms with Gasteiger partial charge in [0.15, 0.2) is 0 Å². The number of hydrogen-bond acceptors (Lipinski definition) is 3. The van der Waals surface area contributed by atoms with E-state index >= 15 is 0 Å². The van der Waals surface area contributed by atoms with Crippen molar-refractivity contribution in [3.05, 3.63) is 52.2 Å². The fraction of sp³-hybridized carbons (Fsp3) is 0.476. The molecule has 1 atom stereocenters. The minimum atomic E-state index is 0.0344. The molecular formula is C21H26N2O2S. The molecule has 0 radical (unpaired) electrons. The summed E-state index contributed by atoms with van der Waals surface area (Å²) in [5.74, 6) is 0.935. The van der Waals surface area contributed by atoms with E-state index in [1.165, 1.54) is 30.6 Å². The van der Waals surface area contributed by atoms with Crippen LogP contribution in [0, 0.1) is 0 Å². The van der Waals surface area contributed by atoms with E-state index in [0.717, 1.165) is 30.7 Å². The Bertz CT molecular complexity index is 708. The summed E-state index contributed by atoms with van der Waals surface area (Å²) in [4.78, 5) is 15.9. The fourth-order valence-electron chi connectivity index (χ4n) is 3.95. The van der Waals surface area contributed by atoms with Gasteiger partial charge in [-0.15, -0.1) is 11.3 Å². The molecular weight excluding hydrogens is 344 g/mol. The van der Waals surface area contributed by atoms with Crippen molar-refractivity contribution in [3.8, 4) is 5.75 Å². The van der Waals surface area contributed by atoms with E-state index in [-0.39, 0.29) is 12.1 Å². The molecule has 1 unspecified atom stereocenters. The summed E-state index contributed by atoms with van der Waals surface area (Å²) < 4.78 is 6.00. The van der Waals surface area contributed by atoms with Crippen LogP contribution in [0.15, 0.2) is 41.8 Å². The van der Waals surface area contributed by atoms with E-state index in [1.54, 1.807) is 11.3 Å². The predicted molar refractivity (Wildman–Crippen MR) is 105 cm³/mol. The van der Waals surface area contributed by atoms with Gasteiger partial charge in [-0.05, 0) is 67.7 Å². The molecule has 1 saturated carbocycles. The average Bonchev–Trinajstić information content (AvgIpc) is 3.41. The second-order valence-electron chi connectivity index (χ2n) is 7.19. The Balaban J connectivity index is 1.30. The van der Waals surface area contributed by atoms with Gasteiger partial charge >= 0.3 is 6.03 Å². The highest BCUT2D eigenvalue weighted by Gasteiger charge is 2.30. The molecule has 1 aliphatic heterocycles. The van der Waals surface area contributed by atoms with Crippen LogP contribution < -0.4 is 10.1 Å². The first-order chi connectivity index (χ1) is 12.8. The monoisotopic (exact) mass is 370 g/mol. The second-order valence-corrected chi connectivity index (χ2v) is 8.17. The Hall–Kier alpha value is -2.01. The third kappa shape index (κ3) is 4.04. The van der Waals surface area contributed by atoms with Gasteiger partial charge in [-0.3, -0.25) is 0 Å². The number of carbonyl (C=O) groups is 1. The number of benzene rings is 1. The van der Waals surface area contributed by atoms with Gasteiger partial charge in [0.1, 0.15) is 5.75 Å². The van der Waals surface area contributed by atoms with Gasteiger partial charge < -0.3 is 15.0 Å². The van der Waals surface area contributed by atoms with Crippen molar-refractivity contribution in [2.24, 2.45) is 0 Å². The summed E-state index contributed by atoms with van der Waals surface area (Å²) in [6.45, 7) is 1.39. The predicted octanol–water partition coefficient (Wildman–Crippen LogP) is 5.12. The van der Waals surface area contributed by atoms with Crippen molar-refractivity contribution in [1.29, 1.82) is 0 Å². The number of nitrogens with one attached hydrogen (secondary N) is 1. The van der Waals surface area contributed by atoms with Crippen molar-refractivity contribution in [3.63, 3.8) is 0 Å². The normalized spacial score (nSPS) is 20.5. The number of likely N-dealkylation sites (tertiary alicyclic amines) is 1. The number of amides is 2. The van der Waals surface area contributed by atoms with Crippen LogP contribution in [0.1, 0.15) is 55.0 Å². The molecule has 2 aliphatic rings. The van der Waals surface area contributed by atoms with E-state index in [0.29, 0.717) is 12.6 Å². The maximum Gasteiger partial charge on any atom is 0.318 e. The molecule has 138 valence electrons. The summed E-state index contributed by atoms with van der Waals surface area (Å²) in [6.07, 6.45) is 7.39. The molecule has 0 bridgehead atoms. The Kier molecular flexibility index (Phi) is 5.44. The van der Waals surface area contributed by atoms with E-state index in [9.17, 15) is 4.79 Å². The molecule has 4 nitrogen and oxygen atoms in total. The molecule has 2 amide bonds. The Morgan fingerprint density at radius 1 is 1.12 bits per heavy atom.